The number of methoxy groups -OCH3 is 2. The van der Waals surface area contributed by atoms with Crippen LogP contribution in [0.15, 0.2) is 24.3 Å². The zero-order valence-corrected chi connectivity index (χ0v) is 14.3. The van der Waals surface area contributed by atoms with E-state index in [-0.39, 0.29) is 5.11 Å². The van der Waals surface area contributed by atoms with Gasteiger partial charge in [-0.15, -0.1) is 0 Å². The summed E-state index contributed by atoms with van der Waals surface area (Å²) in [5.74, 6) is -3.06. The second kappa shape index (κ2) is 7.27. The number of thiocarbonyl (C=S) groups is 1. The van der Waals surface area contributed by atoms with Crippen molar-refractivity contribution in [2.75, 3.05) is 14.2 Å². The molecule has 25 heavy (non-hydrogen) atoms. The van der Waals surface area contributed by atoms with Crippen molar-refractivity contribution in [2.24, 2.45) is 5.92 Å². The van der Waals surface area contributed by atoms with Crippen LogP contribution in [0.1, 0.15) is 16.8 Å². The van der Waals surface area contributed by atoms with Gasteiger partial charge in [-0.05, 0) is 36.5 Å². The molecule has 130 valence electrons. The third-order valence-corrected chi connectivity index (χ3v) is 4.06. The van der Waals surface area contributed by atoms with Gasteiger partial charge in [-0.1, -0.05) is 0 Å². The summed E-state index contributed by atoms with van der Waals surface area (Å²) < 4.78 is 9.76. The number of benzene rings is 1. The molecule has 0 radical (unpaired) electrons. The normalized spacial score (nSPS) is 22.2. The molecule has 8 nitrogen and oxygen atoms in total. The molecule has 1 heterocycles. The fourth-order valence-electron chi connectivity index (χ4n) is 2.58. The number of carbonyl (C=O) groups excluding carboxylic acids is 3. The standard InChI is InChI=1S/C16H15N3O5S/c1-23-10-5-3-9(4-6-10)12(20)7-16(14(22)24-2)11(8-17)13(21)18-15(25)19-16/h3-6,11H,7H2,1-2H3,(H2,18,19,21,25)/t11-,16+/m0/s1. The minimum absolute atomic E-state index is 0.149. The first-order valence-corrected chi connectivity index (χ1v) is 7.57. The Morgan fingerprint density at radius 3 is 2.48 bits per heavy atom. The van der Waals surface area contributed by atoms with E-state index in [1.165, 1.54) is 19.2 Å². The molecule has 0 bridgehead atoms. The van der Waals surface area contributed by atoms with E-state index in [1.54, 1.807) is 18.2 Å². The predicted molar refractivity (Wildman–Crippen MR) is 89.7 cm³/mol. The van der Waals surface area contributed by atoms with Gasteiger partial charge in [0.15, 0.2) is 22.4 Å². The van der Waals surface area contributed by atoms with Gasteiger partial charge in [-0.3, -0.25) is 9.59 Å². The van der Waals surface area contributed by atoms with Gasteiger partial charge in [0.2, 0.25) is 5.91 Å². The van der Waals surface area contributed by atoms with Crippen molar-refractivity contribution >= 4 is 35.0 Å². The highest BCUT2D eigenvalue weighted by Gasteiger charge is 2.55. The van der Waals surface area contributed by atoms with Crippen LogP contribution in [0.2, 0.25) is 0 Å². The van der Waals surface area contributed by atoms with Crippen LogP contribution < -0.4 is 15.4 Å². The van der Waals surface area contributed by atoms with Crippen molar-refractivity contribution in [3.8, 4) is 11.8 Å². The Kier molecular flexibility index (Phi) is 5.34. The van der Waals surface area contributed by atoms with Gasteiger partial charge in [0.05, 0.1) is 20.3 Å². The van der Waals surface area contributed by atoms with Crippen molar-refractivity contribution in [1.29, 1.82) is 5.26 Å². The summed E-state index contributed by atoms with van der Waals surface area (Å²) in [7, 11) is 2.60. The zero-order valence-electron chi connectivity index (χ0n) is 13.5. The average Bonchev–Trinajstić information content (AvgIpc) is 2.60. The molecule has 2 N–H and O–H groups in total. The van der Waals surface area contributed by atoms with Crippen molar-refractivity contribution < 1.29 is 23.9 Å². The van der Waals surface area contributed by atoms with E-state index in [1.807, 2.05) is 0 Å². The maximum atomic E-state index is 12.6. The number of Topliss-reactive ketones (excluding diaryl/α,β-unsaturated/α-hetero) is 1. The fourth-order valence-corrected chi connectivity index (χ4v) is 2.87. The fraction of sp³-hybridized carbons (Fsp3) is 0.312. The second-order valence-electron chi connectivity index (χ2n) is 5.30. The number of hydrogen-bond acceptors (Lipinski definition) is 7. The summed E-state index contributed by atoms with van der Waals surface area (Å²) in [5.41, 5.74) is -1.60. The topological polar surface area (TPSA) is 118 Å². The van der Waals surface area contributed by atoms with Gasteiger partial charge in [-0.2, -0.15) is 5.26 Å². The number of esters is 1. The van der Waals surface area contributed by atoms with Gasteiger partial charge in [0.25, 0.3) is 0 Å². The van der Waals surface area contributed by atoms with E-state index >= 15 is 0 Å². The summed E-state index contributed by atoms with van der Waals surface area (Å²) in [4.78, 5) is 37.1. The lowest BCUT2D eigenvalue weighted by Crippen LogP contribution is -2.70. The summed E-state index contributed by atoms with van der Waals surface area (Å²) in [6, 6.07) is 7.97. The highest BCUT2D eigenvalue weighted by atomic mass is 32.1. The van der Waals surface area contributed by atoms with Crippen LogP contribution in [0.3, 0.4) is 0 Å². The van der Waals surface area contributed by atoms with Crippen LogP contribution in [0.4, 0.5) is 0 Å². The number of nitrogens with one attached hydrogen (secondary N) is 2. The second-order valence-corrected chi connectivity index (χ2v) is 5.71. The van der Waals surface area contributed by atoms with E-state index in [4.69, 9.17) is 21.7 Å². The Labute approximate surface area is 149 Å². The molecule has 1 saturated heterocycles. The minimum atomic E-state index is -1.89. The number of ether oxygens (including phenoxy) is 2. The molecule has 0 aromatic heterocycles. The number of ketones is 1. The van der Waals surface area contributed by atoms with Gasteiger partial charge in [-0.25, -0.2) is 4.79 Å². The van der Waals surface area contributed by atoms with E-state index in [0.717, 1.165) is 7.11 Å². The van der Waals surface area contributed by atoms with Crippen LogP contribution in [0.5, 0.6) is 5.75 Å². The molecule has 1 aliphatic heterocycles. The zero-order chi connectivity index (χ0) is 18.6. The SMILES string of the molecule is COC(=O)[C@]1(CC(=O)c2ccc(OC)cc2)NC(=S)NC(=O)[C@@H]1C#N. The molecule has 1 amide bonds. The van der Waals surface area contributed by atoms with Crippen LogP contribution in [-0.4, -0.2) is 42.5 Å². The van der Waals surface area contributed by atoms with E-state index < -0.39 is 35.5 Å². The van der Waals surface area contributed by atoms with E-state index in [0.29, 0.717) is 11.3 Å². The molecule has 0 aliphatic carbocycles. The Morgan fingerprint density at radius 2 is 1.96 bits per heavy atom. The van der Waals surface area contributed by atoms with Gasteiger partial charge >= 0.3 is 5.97 Å². The monoisotopic (exact) mass is 361 g/mol. The highest BCUT2D eigenvalue weighted by Crippen LogP contribution is 2.28. The van der Waals surface area contributed by atoms with Crippen molar-refractivity contribution in [2.45, 2.75) is 12.0 Å². The summed E-state index contributed by atoms with van der Waals surface area (Å²) in [6.07, 6.45) is -0.474. The molecular formula is C16H15N3O5S. The maximum absolute atomic E-state index is 12.6. The minimum Gasteiger partial charge on any atom is -0.497 e. The Morgan fingerprint density at radius 1 is 1.32 bits per heavy atom. The third kappa shape index (κ3) is 3.44. The predicted octanol–water partition coefficient (Wildman–Crippen LogP) is 0.324. The number of amides is 1. The molecule has 1 aromatic rings. The maximum Gasteiger partial charge on any atom is 0.334 e. The molecule has 1 aromatic carbocycles. The lowest BCUT2D eigenvalue weighted by atomic mass is 9.77. The van der Waals surface area contributed by atoms with E-state index in [2.05, 4.69) is 10.6 Å². The molecule has 0 spiro atoms. The van der Waals surface area contributed by atoms with Crippen molar-refractivity contribution in [1.82, 2.24) is 10.6 Å². The Bertz CT molecular complexity index is 771. The summed E-state index contributed by atoms with van der Waals surface area (Å²) in [5, 5.41) is 14.1. The van der Waals surface area contributed by atoms with Crippen LogP contribution >= 0.6 is 12.2 Å². The largest absolute Gasteiger partial charge is 0.497 e. The molecule has 2 rings (SSSR count). The summed E-state index contributed by atoms with van der Waals surface area (Å²) >= 11 is 4.91. The average molecular weight is 361 g/mol. The van der Waals surface area contributed by atoms with Gasteiger partial charge in [0, 0.05) is 12.0 Å². The number of nitrogens with zero attached hydrogens (tertiary/aromatic N) is 1. The first kappa shape index (κ1) is 18.4. The van der Waals surface area contributed by atoms with Crippen molar-refractivity contribution in [3.63, 3.8) is 0 Å². The number of carbonyl (C=O) groups is 3. The number of rotatable bonds is 5. The molecule has 0 saturated carbocycles. The van der Waals surface area contributed by atoms with Gasteiger partial charge in [0.1, 0.15) is 5.75 Å². The van der Waals surface area contributed by atoms with Crippen LogP contribution in [0.25, 0.3) is 0 Å². The van der Waals surface area contributed by atoms with Crippen LogP contribution in [-0.2, 0) is 14.3 Å². The molecule has 1 fully saturated rings. The lowest BCUT2D eigenvalue weighted by molar-refractivity contribution is -0.152. The van der Waals surface area contributed by atoms with Crippen molar-refractivity contribution in [3.05, 3.63) is 29.8 Å². The first-order chi connectivity index (χ1) is 11.9. The molecular weight excluding hydrogens is 346 g/mol. The molecule has 1 aliphatic rings. The lowest BCUT2D eigenvalue weighted by Gasteiger charge is -2.38. The summed E-state index contributed by atoms with van der Waals surface area (Å²) in [6.45, 7) is 0. The van der Waals surface area contributed by atoms with Crippen LogP contribution in [0, 0.1) is 17.2 Å². The third-order valence-electron chi connectivity index (χ3n) is 3.86. The van der Waals surface area contributed by atoms with E-state index in [9.17, 15) is 19.6 Å². The number of hydrogen-bond donors (Lipinski definition) is 2. The number of nitriles is 1. The Balaban J connectivity index is 2.41. The smallest absolute Gasteiger partial charge is 0.334 e. The molecule has 2 atom stereocenters. The first-order valence-electron chi connectivity index (χ1n) is 7.16. The van der Waals surface area contributed by atoms with Gasteiger partial charge < -0.3 is 20.1 Å². The quantitative estimate of drug-likeness (QED) is 0.437. The molecule has 0 unspecified atom stereocenters. The Hall–Kier alpha value is -2.99. The highest BCUT2D eigenvalue weighted by molar-refractivity contribution is 7.80. The molecule has 9 heteroatoms.